The lowest BCUT2D eigenvalue weighted by molar-refractivity contribution is -0.140. The van der Waals surface area contributed by atoms with E-state index in [4.69, 9.17) is 10.2 Å². The van der Waals surface area contributed by atoms with Crippen LogP contribution in [0.4, 0.5) is 0 Å². The van der Waals surface area contributed by atoms with Crippen LogP contribution in [0.3, 0.4) is 0 Å². The molecule has 17 heavy (non-hydrogen) atoms. The number of carboxylic acid groups (broad SMARTS) is 2. The van der Waals surface area contributed by atoms with E-state index >= 15 is 0 Å². The SMILES string of the molecule is Cc1ccccc1C(CCCC(=O)O)C(=O)O. The molecule has 0 radical (unpaired) electrons. The molecule has 0 aliphatic carbocycles. The first kappa shape index (κ1) is 13.2. The van der Waals surface area contributed by atoms with Crippen LogP contribution in [0.2, 0.25) is 0 Å². The molecule has 0 heterocycles. The summed E-state index contributed by atoms with van der Waals surface area (Å²) in [4.78, 5) is 21.6. The third-order valence-electron chi connectivity index (χ3n) is 2.75. The van der Waals surface area contributed by atoms with Crippen molar-refractivity contribution in [3.05, 3.63) is 35.4 Å². The van der Waals surface area contributed by atoms with Gasteiger partial charge in [0.2, 0.25) is 0 Å². The topological polar surface area (TPSA) is 74.6 Å². The lowest BCUT2D eigenvalue weighted by Gasteiger charge is -2.14. The molecular weight excluding hydrogens is 220 g/mol. The molecule has 4 nitrogen and oxygen atoms in total. The molecule has 2 N–H and O–H groups in total. The zero-order chi connectivity index (χ0) is 12.8. The molecule has 0 aromatic heterocycles. The number of carbonyl (C=O) groups is 2. The standard InChI is InChI=1S/C13H16O4/c1-9-5-2-3-6-10(9)11(13(16)17)7-4-8-12(14)15/h2-3,5-6,11H,4,7-8H2,1H3,(H,14,15)(H,16,17). The molecular formula is C13H16O4. The van der Waals surface area contributed by atoms with Gasteiger partial charge in [0.15, 0.2) is 0 Å². The third-order valence-corrected chi connectivity index (χ3v) is 2.75. The van der Waals surface area contributed by atoms with E-state index in [1.54, 1.807) is 12.1 Å². The number of hydrogen-bond acceptors (Lipinski definition) is 2. The fourth-order valence-electron chi connectivity index (χ4n) is 1.85. The maximum absolute atomic E-state index is 11.2. The highest BCUT2D eigenvalue weighted by atomic mass is 16.4. The maximum Gasteiger partial charge on any atom is 0.310 e. The molecule has 0 fully saturated rings. The molecule has 1 atom stereocenters. The molecule has 92 valence electrons. The van der Waals surface area contributed by atoms with Crippen LogP contribution in [0.15, 0.2) is 24.3 Å². The van der Waals surface area contributed by atoms with Crippen molar-refractivity contribution in [2.75, 3.05) is 0 Å². The van der Waals surface area contributed by atoms with Crippen LogP contribution in [-0.4, -0.2) is 22.2 Å². The average molecular weight is 236 g/mol. The Bertz CT molecular complexity index is 412. The maximum atomic E-state index is 11.2. The van der Waals surface area contributed by atoms with Gasteiger partial charge in [0, 0.05) is 6.42 Å². The van der Waals surface area contributed by atoms with Crippen LogP contribution < -0.4 is 0 Å². The van der Waals surface area contributed by atoms with Crippen molar-refractivity contribution < 1.29 is 19.8 Å². The van der Waals surface area contributed by atoms with Crippen molar-refractivity contribution >= 4 is 11.9 Å². The lowest BCUT2D eigenvalue weighted by Crippen LogP contribution is -2.13. The zero-order valence-electron chi connectivity index (χ0n) is 9.72. The molecule has 1 aromatic carbocycles. The first-order chi connectivity index (χ1) is 8.02. The van der Waals surface area contributed by atoms with Crippen molar-refractivity contribution in [2.24, 2.45) is 0 Å². The zero-order valence-corrected chi connectivity index (χ0v) is 9.72. The smallest absolute Gasteiger partial charge is 0.310 e. The molecule has 0 aliphatic heterocycles. The predicted molar refractivity (Wildman–Crippen MR) is 63.0 cm³/mol. The monoisotopic (exact) mass is 236 g/mol. The fourth-order valence-corrected chi connectivity index (χ4v) is 1.85. The highest BCUT2D eigenvalue weighted by Gasteiger charge is 2.21. The van der Waals surface area contributed by atoms with Gasteiger partial charge in [-0.2, -0.15) is 0 Å². The van der Waals surface area contributed by atoms with Crippen LogP contribution in [0, 0.1) is 6.92 Å². The molecule has 1 aromatic rings. The summed E-state index contributed by atoms with van der Waals surface area (Å²) in [6, 6.07) is 7.31. The summed E-state index contributed by atoms with van der Waals surface area (Å²) in [6.45, 7) is 1.86. The van der Waals surface area contributed by atoms with Gasteiger partial charge in [-0.05, 0) is 30.9 Å². The molecule has 4 heteroatoms. The van der Waals surface area contributed by atoms with E-state index in [1.165, 1.54) is 0 Å². The average Bonchev–Trinajstić information content (AvgIpc) is 2.25. The van der Waals surface area contributed by atoms with Crippen molar-refractivity contribution in [1.82, 2.24) is 0 Å². The van der Waals surface area contributed by atoms with E-state index < -0.39 is 17.9 Å². The molecule has 0 saturated carbocycles. The Morgan fingerprint density at radius 3 is 2.41 bits per heavy atom. The highest BCUT2D eigenvalue weighted by molar-refractivity contribution is 5.76. The summed E-state index contributed by atoms with van der Waals surface area (Å²) in [5.74, 6) is -2.40. The number of benzene rings is 1. The van der Waals surface area contributed by atoms with Gasteiger partial charge in [0.1, 0.15) is 0 Å². The highest BCUT2D eigenvalue weighted by Crippen LogP contribution is 2.25. The Hall–Kier alpha value is -1.84. The molecule has 0 aliphatic rings. The number of hydrogen-bond donors (Lipinski definition) is 2. The van der Waals surface area contributed by atoms with E-state index in [0.29, 0.717) is 12.8 Å². The normalized spacial score (nSPS) is 12.1. The second kappa shape index (κ2) is 6.03. The van der Waals surface area contributed by atoms with Crippen LogP contribution in [0.1, 0.15) is 36.3 Å². The Balaban J connectivity index is 2.76. The van der Waals surface area contributed by atoms with Crippen molar-refractivity contribution in [2.45, 2.75) is 32.1 Å². The van der Waals surface area contributed by atoms with Crippen molar-refractivity contribution in [3.63, 3.8) is 0 Å². The molecule has 0 bridgehead atoms. The van der Waals surface area contributed by atoms with E-state index in [0.717, 1.165) is 11.1 Å². The molecule has 1 unspecified atom stereocenters. The van der Waals surface area contributed by atoms with Crippen LogP contribution >= 0.6 is 0 Å². The second-order valence-corrected chi connectivity index (χ2v) is 4.03. The predicted octanol–water partition coefficient (Wildman–Crippen LogP) is 2.42. The Morgan fingerprint density at radius 1 is 1.24 bits per heavy atom. The first-order valence-corrected chi connectivity index (χ1v) is 5.52. The van der Waals surface area contributed by atoms with Gasteiger partial charge in [0.05, 0.1) is 5.92 Å². The van der Waals surface area contributed by atoms with E-state index in [2.05, 4.69) is 0 Å². The minimum Gasteiger partial charge on any atom is -0.481 e. The summed E-state index contributed by atoms with van der Waals surface area (Å²) in [7, 11) is 0. The van der Waals surface area contributed by atoms with Gasteiger partial charge >= 0.3 is 11.9 Å². The number of aliphatic carboxylic acids is 2. The number of rotatable bonds is 6. The van der Waals surface area contributed by atoms with Gasteiger partial charge in [-0.25, -0.2) is 0 Å². The van der Waals surface area contributed by atoms with Gasteiger partial charge in [0.25, 0.3) is 0 Å². The van der Waals surface area contributed by atoms with E-state index in [1.807, 2.05) is 19.1 Å². The van der Waals surface area contributed by atoms with E-state index in [9.17, 15) is 9.59 Å². The molecule has 0 amide bonds. The quantitative estimate of drug-likeness (QED) is 0.795. The molecule has 0 spiro atoms. The summed E-state index contributed by atoms with van der Waals surface area (Å²) < 4.78 is 0. The molecule has 1 rings (SSSR count). The van der Waals surface area contributed by atoms with Gasteiger partial charge in [-0.15, -0.1) is 0 Å². The van der Waals surface area contributed by atoms with Crippen LogP contribution in [-0.2, 0) is 9.59 Å². The summed E-state index contributed by atoms with van der Waals surface area (Å²) in [6.07, 6.45) is 0.739. The van der Waals surface area contributed by atoms with E-state index in [-0.39, 0.29) is 6.42 Å². The third kappa shape index (κ3) is 3.90. The van der Waals surface area contributed by atoms with Gasteiger partial charge in [-0.3, -0.25) is 9.59 Å². The lowest BCUT2D eigenvalue weighted by atomic mass is 9.90. The Morgan fingerprint density at radius 2 is 1.88 bits per heavy atom. The Kier molecular flexibility index (Phi) is 4.69. The fraction of sp³-hybridized carbons (Fsp3) is 0.385. The number of aryl methyl sites for hydroxylation is 1. The van der Waals surface area contributed by atoms with Crippen molar-refractivity contribution in [1.29, 1.82) is 0 Å². The second-order valence-electron chi connectivity index (χ2n) is 4.03. The van der Waals surface area contributed by atoms with Crippen LogP contribution in [0.25, 0.3) is 0 Å². The minimum atomic E-state index is -0.898. The van der Waals surface area contributed by atoms with Gasteiger partial charge < -0.3 is 10.2 Å². The summed E-state index contributed by atoms with van der Waals surface area (Å²) >= 11 is 0. The van der Waals surface area contributed by atoms with Crippen molar-refractivity contribution in [3.8, 4) is 0 Å². The summed E-state index contributed by atoms with van der Waals surface area (Å²) in [5, 5.41) is 17.7. The van der Waals surface area contributed by atoms with Gasteiger partial charge in [-0.1, -0.05) is 24.3 Å². The molecule has 0 saturated heterocycles. The number of carboxylic acids is 2. The Labute approximate surface area is 99.9 Å². The first-order valence-electron chi connectivity index (χ1n) is 5.52. The minimum absolute atomic E-state index is 0.00958. The van der Waals surface area contributed by atoms with Crippen LogP contribution in [0.5, 0.6) is 0 Å². The summed E-state index contributed by atoms with van der Waals surface area (Å²) in [5.41, 5.74) is 1.70. The largest absolute Gasteiger partial charge is 0.481 e.